The number of hydrogen-bond acceptors (Lipinski definition) is 3. The molecule has 0 spiro atoms. The Morgan fingerprint density at radius 2 is 1.79 bits per heavy atom. The first kappa shape index (κ1) is 21.6. The molecule has 29 heavy (non-hydrogen) atoms. The van der Waals surface area contributed by atoms with Crippen LogP contribution in [0.1, 0.15) is 42.8 Å². The maximum Gasteiger partial charge on any atom is 0.282 e. The average molecular weight is 433 g/mol. The number of carbonyl (C=O) groups is 1. The van der Waals surface area contributed by atoms with E-state index in [1.807, 2.05) is 18.2 Å². The molecule has 1 amide bonds. The van der Waals surface area contributed by atoms with Crippen LogP contribution in [0.25, 0.3) is 0 Å². The van der Waals surface area contributed by atoms with Gasteiger partial charge in [0, 0.05) is 37.7 Å². The van der Waals surface area contributed by atoms with Crippen LogP contribution >= 0.6 is 11.6 Å². The van der Waals surface area contributed by atoms with Gasteiger partial charge in [-0.2, -0.15) is 5.10 Å². The van der Waals surface area contributed by atoms with Crippen molar-refractivity contribution in [2.24, 2.45) is 0 Å². The van der Waals surface area contributed by atoms with Crippen molar-refractivity contribution in [1.29, 1.82) is 0 Å². The summed E-state index contributed by atoms with van der Waals surface area (Å²) in [5, 5.41) is 4.20. The molecule has 1 unspecified atom stereocenters. The number of halogens is 5. The van der Waals surface area contributed by atoms with E-state index in [2.05, 4.69) is 10.00 Å². The SMILES string of the molecule is CC(C(=O)N1CCN(Cc2cccc(Cl)c2)CC1)n1nc(C(F)F)cc1C(F)F. The van der Waals surface area contributed by atoms with Crippen molar-refractivity contribution in [2.75, 3.05) is 26.2 Å². The van der Waals surface area contributed by atoms with E-state index in [-0.39, 0.29) is 0 Å². The number of carbonyl (C=O) groups excluding carboxylic acids is 1. The molecule has 1 aliphatic rings. The fourth-order valence-corrected chi connectivity index (χ4v) is 3.61. The molecule has 1 aliphatic heterocycles. The first-order valence-electron chi connectivity index (χ1n) is 9.17. The summed E-state index contributed by atoms with van der Waals surface area (Å²) in [5.74, 6) is -0.418. The van der Waals surface area contributed by atoms with Gasteiger partial charge in [0.15, 0.2) is 0 Å². The summed E-state index contributed by atoms with van der Waals surface area (Å²) in [6, 6.07) is 7.08. The van der Waals surface area contributed by atoms with E-state index in [1.165, 1.54) is 6.92 Å². The summed E-state index contributed by atoms with van der Waals surface area (Å²) in [6.45, 7) is 4.12. The largest absolute Gasteiger partial charge is 0.338 e. The fraction of sp³-hybridized carbons (Fsp3) is 0.474. The lowest BCUT2D eigenvalue weighted by molar-refractivity contribution is -0.136. The number of hydrogen-bond donors (Lipinski definition) is 0. The molecular weight excluding hydrogens is 412 g/mol. The Bertz CT molecular complexity index is 852. The molecule has 2 heterocycles. The van der Waals surface area contributed by atoms with E-state index in [1.54, 1.807) is 11.0 Å². The molecule has 1 fully saturated rings. The highest BCUT2D eigenvalue weighted by Crippen LogP contribution is 2.28. The first-order valence-corrected chi connectivity index (χ1v) is 9.55. The maximum absolute atomic E-state index is 13.2. The summed E-state index contributed by atoms with van der Waals surface area (Å²) in [7, 11) is 0. The number of benzene rings is 1. The van der Waals surface area contributed by atoms with E-state index >= 15 is 0 Å². The number of alkyl halides is 4. The monoisotopic (exact) mass is 432 g/mol. The molecule has 0 aliphatic carbocycles. The fourth-order valence-electron chi connectivity index (χ4n) is 3.40. The minimum Gasteiger partial charge on any atom is -0.338 e. The molecule has 1 aromatic heterocycles. The normalized spacial score (nSPS) is 16.6. The number of nitrogens with zero attached hydrogens (tertiary/aromatic N) is 4. The Labute approximate surface area is 170 Å². The third-order valence-corrected chi connectivity index (χ3v) is 5.17. The van der Waals surface area contributed by atoms with Gasteiger partial charge in [0.05, 0.1) is 0 Å². The smallest absolute Gasteiger partial charge is 0.282 e. The van der Waals surface area contributed by atoms with Gasteiger partial charge in [-0.3, -0.25) is 14.4 Å². The van der Waals surface area contributed by atoms with Crippen LogP contribution in [0, 0.1) is 0 Å². The minimum absolute atomic E-state index is 0.413. The maximum atomic E-state index is 13.2. The summed E-state index contributed by atoms with van der Waals surface area (Å²) >= 11 is 6.00. The Morgan fingerprint density at radius 3 is 2.38 bits per heavy atom. The van der Waals surface area contributed by atoms with E-state index in [9.17, 15) is 22.4 Å². The van der Waals surface area contributed by atoms with Gasteiger partial charge in [-0.15, -0.1) is 0 Å². The number of aromatic nitrogens is 2. The molecule has 0 N–H and O–H groups in total. The van der Waals surface area contributed by atoms with Gasteiger partial charge in [0.2, 0.25) is 5.91 Å². The van der Waals surface area contributed by atoms with Crippen molar-refractivity contribution in [1.82, 2.24) is 19.6 Å². The lowest BCUT2D eigenvalue weighted by atomic mass is 10.2. The highest BCUT2D eigenvalue weighted by Gasteiger charge is 2.30. The number of piperazine rings is 1. The van der Waals surface area contributed by atoms with Gasteiger partial charge in [0.25, 0.3) is 12.9 Å². The van der Waals surface area contributed by atoms with Crippen LogP contribution in [0.15, 0.2) is 30.3 Å². The van der Waals surface area contributed by atoms with Crippen LogP contribution in [0.3, 0.4) is 0 Å². The van der Waals surface area contributed by atoms with Crippen molar-refractivity contribution in [2.45, 2.75) is 32.4 Å². The van der Waals surface area contributed by atoms with Crippen LogP contribution in [-0.2, 0) is 11.3 Å². The van der Waals surface area contributed by atoms with Gasteiger partial charge in [-0.25, -0.2) is 17.6 Å². The molecule has 1 saturated heterocycles. The molecule has 2 aromatic rings. The van der Waals surface area contributed by atoms with Crippen LogP contribution in [-0.4, -0.2) is 51.7 Å². The molecule has 0 radical (unpaired) electrons. The molecule has 5 nitrogen and oxygen atoms in total. The first-order chi connectivity index (χ1) is 13.8. The predicted octanol–water partition coefficient (Wildman–Crippen LogP) is 4.32. The van der Waals surface area contributed by atoms with Crippen LogP contribution in [0.2, 0.25) is 5.02 Å². The predicted molar refractivity (Wildman–Crippen MR) is 100 cm³/mol. The van der Waals surface area contributed by atoms with E-state index in [4.69, 9.17) is 11.6 Å². The zero-order chi connectivity index (χ0) is 21.1. The summed E-state index contributed by atoms with van der Waals surface area (Å²) in [5.41, 5.74) is -0.379. The van der Waals surface area contributed by atoms with E-state index < -0.39 is 36.2 Å². The second-order valence-corrected chi connectivity index (χ2v) is 7.38. The number of rotatable bonds is 6. The molecule has 158 valence electrons. The average Bonchev–Trinajstić information content (AvgIpc) is 3.14. The van der Waals surface area contributed by atoms with Crippen LogP contribution in [0.5, 0.6) is 0 Å². The van der Waals surface area contributed by atoms with Gasteiger partial charge >= 0.3 is 0 Å². The summed E-state index contributed by atoms with van der Waals surface area (Å²) < 4.78 is 52.9. The van der Waals surface area contributed by atoms with Crippen LogP contribution in [0.4, 0.5) is 17.6 Å². The lowest BCUT2D eigenvalue weighted by Crippen LogP contribution is -2.50. The second kappa shape index (κ2) is 9.13. The Hall–Kier alpha value is -2.13. The molecule has 1 atom stereocenters. The van der Waals surface area contributed by atoms with Crippen molar-refractivity contribution in [3.05, 3.63) is 52.3 Å². The highest BCUT2D eigenvalue weighted by atomic mass is 35.5. The molecule has 1 aromatic carbocycles. The Morgan fingerprint density at radius 1 is 1.10 bits per heavy atom. The van der Waals surface area contributed by atoms with E-state index in [0.717, 1.165) is 5.56 Å². The molecule has 3 rings (SSSR count). The standard InChI is InChI=1S/C19H21ClF4N4O/c1-12(28-16(18(23)24)10-15(25-28)17(21)22)19(29)27-7-5-26(6-8-27)11-13-3-2-4-14(20)9-13/h2-4,9-10,12,17-18H,5-8,11H2,1H3. The number of amides is 1. The summed E-state index contributed by atoms with van der Waals surface area (Å²) in [6.07, 6.45) is -5.98. The third kappa shape index (κ3) is 5.08. The molecule has 10 heteroatoms. The molecule has 0 bridgehead atoms. The van der Waals surface area contributed by atoms with E-state index in [0.29, 0.717) is 48.5 Å². The van der Waals surface area contributed by atoms with Crippen molar-refractivity contribution in [3.63, 3.8) is 0 Å². The van der Waals surface area contributed by atoms with Gasteiger partial charge < -0.3 is 4.90 Å². The van der Waals surface area contributed by atoms with Crippen molar-refractivity contribution >= 4 is 17.5 Å². The summed E-state index contributed by atoms with van der Waals surface area (Å²) in [4.78, 5) is 16.5. The topological polar surface area (TPSA) is 41.4 Å². The third-order valence-electron chi connectivity index (χ3n) is 4.93. The lowest BCUT2D eigenvalue weighted by Gasteiger charge is -2.36. The zero-order valence-corrected chi connectivity index (χ0v) is 16.5. The van der Waals surface area contributed by atoms with Gasteiger partial charge in [-0.05, 0) is 30.7 Å². The van der Waals surface area contributed by atoms with Crippen molar-refractivity contribution < 1.29 is 22.4 Å². The second-order valence-electron chi connectivity index (χ2n) is 6.95. The van der Waals surface area contributed by atoms with Crippen molar-refractivity contribution in [3.8, 4) is 0 Å². The van der Waals surface area contributed by atoms with Gasteiger partial charge in [0.1, 0.15) is 17.4 Å². The molecule has 0 saturated carbocycles. The zero-order valence-electron chi connectivity index (χ0n) is 15.7. The molecular formula is C19H21ClF4N4O. The Kier molecular flexibility index (Phi) is 6.79. The van der Waals surface area contributed by atoms with Crippen LogP contribution < -0.4 is 0 Å². The van der Waals surface area contributed by atoms with Gasteiger partial charge in [-0.1, -0.05) is 23.7 Å². The minimum atomic E-state index is -3.00. The Balaban J connectivity index is 1.63. The quantitative estimate of drug-likeness (QED) is 0.638. The highest BCUT2D eigenvalue weighted by molar-refractivity contribution is 6.30.